The SMILES string of the molecule is CCN1CCN(c2ncnc3scc(-c4ccc5c(ccn5C)c4)c23)CC1.O=C(O)C(F)(F)F.O=C(O)C(F)(F)F. The molecule has 0 bridgehead atoms. The van der Waals surface area contributed by atoms with Crippen molar-refractivity contribution in [2.75, 3.05) is 37.6 Å². The van der Waals surface area contributed by atoms with E-state index in [1.54, 1.807) is 17.7 Å². The zero-order valence-corrected chi connectivity index (χ0v) is 22.5. The van der Waals surface area contributed by atoms with Gasteiger partial charge in [0.25, 0.3) is 0 Å². The molecule has 0 aliphatic carbocycles. The summed E-state index contributed by atoms with van der Waals surface area (Å²) in [7, 11) is 2.09. The van der Waals surface area contributed by atoms with Crippen molar-refractivity contribution in [2.45, 2.75) is 19.3 Å². The third-order valence-corrected chi connectivity index (χ3v) is 7.04. The van der Waals surface area contributed by atoms with Crippen LogP contribution in [0, 0.1) is 0 Å². The van der Waals surface area contributed by atoms with Gasteiger partial charge in [0.15, 0.2) is 0 Å². The molecule has 1 aromatic carbocycles. The van der Waals surface area contributed by atoms with Gasteiger partial charge in [-0.3, -0.25) is 0 Å². The maximum Gasteiger partial charge on any atom is 0.490 e. The molecule has 1 saturated heterocycles. The molecule has 5 rings (SSSR count). The number of thiophene rings is 1. The molecule has 1 fully saturated rings. The second kappa shape index (κ2) is 12.7. The average Bonchev–Trinajstić information content (AvgIpc) is 3.51. The molecule has 16 heteroatoms. The fourth-order valence-electron chi connectivity index (χ4n) is 4.04. The van der Waals surface area contributed by atoms with Crippen molar-refractivity contribution in [2.24, 2.45) is 7.05 Å². The highest BCUT2D eigenvalue weighted by Gasteiger charge is 2.38. The third kappa shape index (κ3) is 7.85. The predicted octanol–water partition coefficient (Wildman–Crippen LogP) is 5.26. The lowest BCUT2D eigenvalue weighted by Crippen LogP contribution is -2.46. The molecule has 0 atom stereocenters. The Bertz CT molecular complexity index is 1490. The monoisotopic (exact) mass is 605 g/mol. The van der Waals surface area contributed by atoms with Gasteiger partial charge in [0.1, 0.15) is 17.0 Å². The highest BCUT2D eigenvalue weighted by Crippen LogP contribution is 2.39. The van der Waals surface area contributed by atoms with Crippen molar-refractivity contribution >= 4 is 50.2 Å². The van der Waals surface area contributed by atoms with Crippen molar-refractivity contribution in [1.82, 2.24) is 19.4 Å². The van der Waals surface area contributed by atoms with Gasteiger partial charge in [0.2, 0.25) is 0 Å². The minimum absolute atomic E-state index is 1.02. The molecule has 3 aromatic heterocycles. The third-order valence-electron chi connectivity index (χ3n) is 6.15. The molecule has 4 aromatic rings. The van der Waals surface area contributed by atoms with Crippen LogP contribution < -0.4 is 4.90 Å². The summed E-state index contributed by atoms with van der Waals surface area (Å²) in [6, 6.07) is 8.88. The number of hydrogen-bond acceptors (Lipinski definition) is 7. The summed E-state index contributed by atoms with van der Waals surface area (Å²) >= 11 is 1.71. The van der Waals surface area contributed by atoms with E-state index in [4.69, 9.17) is 24.8 Å². The van der Waals surface area contributed by atoms with E-state index in [9.17, 15) is 26.3 Å². The van der Waals surface area contributed by atoms with Crippen LogP contribution in [-0.2, 0) is 16.6 Å². The van der Waals surface area contributed by atoms with Gasteiger partial charge in [0, 0.05) is 61.3 Å². The van der Waals surface area contributed by atoms with Gasteiger partial charge < -0.3 is 24.6 Å². The summed E-state index contributed by atoms with van der Waals surface area (Å²) in [5.74, 6) is -4.43. The number of fused-ring (bicyclic) bond motifs is 2. The van der Waals surface area contributed by atoms with Crippen molar-refractivity contribution in [1.29, 1.82) is 0 Å². The van der Waals surface area contributed by atoms with E-state index >= 15 is 0 Å². The topological polar surface area (TPSA) is 112 Å². The van der Waals surface area contributed by atoms with Gasteiger partial charge in [-0.15, -0.1) is 11.3 Å². The van der Waals surface area contributed by atoms with Crippen LogP contribution in [0.15, 0.2) is 42.2 Å². The molecular formula is C25H25F6N5O4S. The molecule has 9 nitrogen and oxygen atoms in total. The highest BCUT2D eigenvalue weighted by atomic mass is 32.1. The number of halogens is 6. The molecule has 0 unspecified atom stereocenters. The second-order valence-electron chi connectivity index (χ2n) is 8.75. The fourth-order valence-corrected chi connectivity index (χ4v) is 4.95. The number of rotatable bonds is 3. The first kappa shape index (κ1) is 31.6. The molecule has 4 heterocycles. The number of carboxylic acid groups (broad SMARTS) is 2. The predicted molar refractivity (Wildman–Crippen MR) is 141 cm³/mol. The number of piperazine rings is 1. The lowest BCUT2D eigenvalue weighted by Gasteiger charge is -2.35. The van der Waals surface area contributed by atoms with Crippen LogP contribution in [0.2, 0.25) is 0 Å². The number of nitrogens with zero attached hydrogens (tertiary/aromatic N) is 5. The smallest absolute Gasteiger partial charge is 0.475 e. The van der Waals surface area contributed by atoms with Gasteiger partial charge in [-0.1, -0.05) is 13.0 Å². The average molecular weight is 606 g/mol. The number of carboxylic acids is 2. The van der Waals surface area contributed by atoms with E-state index in [1.165, 1.54) is 27.4 Å². The van der Waals surface area contributed by atoms with Crippen LogP contribution in [0.25, 0.3) is 32.2 Å². The van der Waals surface area contributed by atoms with Crippen LogP contribution in [0.4, 0.5) is 32.2 Å². The molecule has 0 spiro atoms. The number of aryl methyl sites for hydroxylation is 1. The Kier molecular flexibility index (Phi) is 9.81. The molecular weight excluding hydrogens is 580 g/mol. The number of alkyl halides is 6. The molecule has 0 radical (unpaired) electrons. The maximum atomic E-state index is 10.6. The molecule has 2 N–H and O–H groups in total. The zero-order valence-electron chi connectivity index (χ0n) is 21.7. The number of anilines is 1. The summed E-state index contributed by atoms with van der Waals surface area (Å²) in [5.41, 5.74) is 3.74. The molecule has 0 saturated carbocycles. The first-order chi connectivity index (χ1) is 19.1. The Balaban J connectivity index is 0.000000276. The van der Waals surface area contributed by atoms with E-state index in [0.29, 0.717) is 0 Å². The van der Waals surface area contributed by atoms with E-state index in [2.05, 4.69) is 69.2 Å². The number of aromatic nitrogens is 3. The van der Waals surface area contributed by atoms with Crippen LogP contribution in [-0.4, -0.2) is 86.7 Å². The zero-order chi connectivity index (χ0) is 30.5. The molecule has 1 aliphatic rings. The molecule has 41 heavy (non-hydrogen) atoms. The van der Waals surface area contributed by atoms with Gasteiger partial charge in [-0.25, -0.2) is 19.6 Å². The summed E-state index contributed by atoms with van der Waals surface area (Å²) in [6.07, 6.45) is -6.34. The van der Waals surface area contributed by atoms with Crippen molar-refractivity contribution in [3.05, 3.63) is 42.2 Å². The Labute approximate surface area is 233 Å². The Morgan fingerprint density at radius 3 is 2.07 bits per heavy atom. The summed E-state index contributed by atoms with van der Waals surface area (Å²) in [6.45, 7) is 7.58. The highest BCUT2D eigenvalue weighted by molar-refractivity contribution is 7.17. The lowest BCUT2D eigenvalue weighted by atomic mass is 10.0. The molecule has 1 aliphatic heterocycles. The van der Waals surface area contributed by atoms with E-state index in [0.717, 1.165) is 43.4 Å². The van der Waals surface area contributed by atoms with Gasteiger partial charge >= 0.3 is 24.3 Å². The minimum atomic E-state index is -5.08. The number of hydrogen-bond donors (Lipinski definition) is 2. The summed E-state index contributed by atoms with van der Waals surface area (Å²) < 4.78 is 65.6. The van der Waals surface area contributed by atoms with Crippen LogP contribution >= 0.6 is 11.3 Å². The summed E-state index contributed by atoms with van der Waals surface area (Å²) in [4.78, 5) is 33.0. The summed E-state index contributed by atoms with van der Waals surface area (Å²) in [5, 5.41) is 18.9. The fraction of sp³-hybridized carbons (Fsp3) is 0.360. The quantitative estimate of drug-likeness (QED) is 0.305. The van der Waals surface area contributed by atoms with E-state index in [1.807, 2.05) is 0 Å². The number of aliphatic carboxylic acids is 2. The first-order valence-corrected chi connectivity index (χ1v) is 12.9. The molecule has 0 amide bonds. The number of likely N-dealkylation sites (N-methyl/N-ethyl adjacent to an activating group) is 1. The number of benzene rings is 1. The van der Waals surface area contributed by atoms with E-state index < -0.39 is 24.3 Å². The number of carbonyl (C=O) groups is 2. The van der Waals surface area contributed by atoms with Crippen molar-refractivity contribution < 1.29 is 46.1 Å². The van der Waals surface area contributed by atoms with Gasteiger partial charge in [-0.2, -0.15) is 26.3 Å². The second-order valence-corrected chi connectivity index (χ2v) is 9.61. The van der Waals surface area contributed by atoms with Crippen LogP contribution in [0.5, 0.6) is 0 Å². The Hall–Kier alpha value is -3.92. The standard InChI is InChI=1S/C21H23N5S.2C2HF3O2/c1-3-25-8-10-26(11-9-25)20-19-17(13-27-21(19)23-14-22-20)15-4-5-18-16(12-15)6-7-24(18)2;2*3-2(4,5)1(6)7/h4-7,12-14H,3,8-11H2,1-2H3;2*(H,6,7). The van der Waals surface area contributed by atoms with Crippen LogP contribution in [0.3, 0.4) is 0 Å². The Morgan fingerprint density at radius 1 is 0.951 bits per heavy atom. The van der Waals surface area contributed by atoms with Gasteiger partial charge in [-0.05, 0) is 30.3 Å². The normalized spacial score (nSPS) is 14.3. The van der Waals surface area contributed by atoms with Crippen molar-refractivity contribution in [3.8, 4) is 11.1 Å². The Morgan fingerprint density at radius 2 is 1.54 bits per heavy atom. The lowest BCUT2D eigenvalue weighted by molar-refractivity contribution is -0.193. The van der Waals surface area contributed by atoms with Gasteiger partial charge in [0.05, 0.1) is 5.39 Å². The minimum Gasteiger partial charge on any atom is -0.475 e. The van der Waals surface area contributed by atoms with Crippen molar-refractivity contribution in [3.63, 3.8) is 0 Å². The van der Waals surface area contributed by atoms with E-state index in [-0.39, 0.29) is 0 Å². The maximum absolute atomic E-state index is 10.6. The first-order valence-electron chi connectivity index (χ1n) is 12.0. The molecule has 222 valence electrons. The van der Waals surface area contributed by atoms with Crippen LogP contribution in [0.1, 0.15) is 6.92 Å². The largest absolute Gasteiger partial charge is 0.490 e.